The molecule has 3 nitrogen and oxygen atoms in total. The van der Waals surface area contributed by atoms with Crippen molar-refractivity contribution in [2.75, 3.05) is 0 Å². The maximum absolute atomic E-state index is 13.5. The van der Waals surface area contributed by atoms with Crippen LogP contribution in [-0.4, -0.2) is 17.2 Å². The smallest absolute Gasteiger partial charge is 0.489 e. The lowest BCUT2D eigenvalue weighted by Crippen LogP contribution is -2.32. The van der Waals surface area contributed by atoms with Crippen LogP contribution >= 0.6 is 11.6 Å². The first-order valence-electron chi connectivity index (χ1n) is 5.69. The van der Waals surface area contributed by atoms with Gasteiger partial charge in [0.15, 0.2) is 0 Å². The highest BCUT2D eigenvalue weighted by Gasteiger charge is 2.16. The average molecular weight is 298 g/mol. The third-order valence-corrected chi connectivity index (χ3v) is 3.02. The van der Waals surface area contributed by atoms with E-state index in [-0.39, 0.29) is 17.8 Å². The number of hydrogen-bond acceptors (Lipinski definition) is 3. The molecule has 0 unspecified atom stereocenters. The molecular formula is C13H10BClF2O3. The van der Waals surface area contributed by atoms with Crippen LogP contribution in [0.15, 0.2) is 36.4 Å². The van der Waals surface area contributed by atoms with E-state index in [2.05, 4.69) is 0 Å². The van der Waals surface area contributed by atoms with Crippen LogP contribution in [0.5, 0.6) is 5.75 Å². The van der Waals surface area contributed by atoms with Crippen LogP contribution in [0, 0.1) is 11.6 Å². The monoisotopic (exact) mass is 298 g/mol. The van der Waals surface area contributed by atoms with Crippen LogP contribution in [0.3, 0.4) is 0 Å². The van der Waals surface area contributed by atoms with E-state index >= 15 is 0 Å². The molecule has 0 aliphatic rings. The first-order chi connectivity index (χ1) is 9.47. The maximum Gasteiger partial charge on any atom is 0.491 e. The van der Waals surface area contributed by atoms with Crippen LogP contribution in [0.4, 0.5) is 8.78 Å². The number of ether oxygens (including phenoxy) is 1. The van der Waals surface area contributed by atoms with Gasteiger partial charge in [0.25, 0.3) is 0 Å². The molecule has 104 valence electrons. The van der Waals surface area contributed by atoms with Crippen molar-refractivity contribution in [3.05, 3.63) is 58.6 Å². The molecule has 2 aromatic rings. The van der Waals surface area contributed by atoms with Gasteiger partial charge in [-0.15, -0.1) is 0 Å². The van der Waals surface area contributed by atoms with Gasteiger partial charge in [0.2, 0.25) is 0 Å². The number of rotatable bonds is 4. The summed E-state index contributed by atoms with van der Waals surface area (Å²) in [5, 5.41) is 18.1. The van der Waals surface area contributed by atoms with Crippen molar-refractivity contribution in [2.45, 2.75) is 6.61 Å². The van der Waals surface area contributed by atoms with E-state index < -0.39 is 18.8 Å². The third kappa shape index (κ3) is 3.48. The predicted octanol–water partition coefficient (Wildman–Crippen LogP) is 1.88. The van der Waals surface area contributed by atoms with E-state index in [0.29, 0.717) is 10.6 Å². The third-order valence-electron chi connectivity index (χ3n) is 2.65. The summed E-state index contributed by atoms with van der Waals surface area (Å²) in [5.74, 6) is -1.08. The molecular weight excluding hydrogens is 288 g/mol. The van der Waals surface area contributed by atoms with E-state index in [0.717, 1.165) is 6.07 Å². The lowest BCUT2D eigenvalue weighted by molar-refractivity contribution is 0.304. The standard InChI is InChI=1S/C13H10BClF2O3/c15-12-4-1-9(16)5-8(12)7-20-10-2-3-11(14(18)19)13(17)6-10/h1-6,18-19H,7H2. The minimum absolute atomic E-state index is 0.0307. The zero-order valence-electron chi connectivity index (χ0n) is 10.2. The van der Waals surface area contributed by atoms with Crippen LogP contribution in [0.25, 0.3) is 0 Å². The summed E-state index contributed by atoms with van der Waals surface area (Å²) in [6, 6.07) is 7.45. The predicted molar refractivity (Wildman–Crippen MR) is 72.0 cm³/mol. The van der Waals surface area contributed by atoms with Gasteiger partial charge in [0.05, 0.1) is 0 Å². The highest BCUT2D eigenvalue weighted by atomic mass is 35.5. The van der Waals surface area contributed by atoms with E-state index in [1.54, 1.807) is 0 Å². The van der Waals surface area contributed by atoms with Crippen molar-refractivity contribution in [2.24, 2.45) is 0 Å². The summed E-state index contributed by atoms with van der Waals surface area (Å²) >= 11 is 5.87. The molecule has 2 aromatic carbocycles. The molecule has 0 saturated carbocycles. The molecule has 0 radical (unpaired) electrons. The van der Waals surface area contributed by atoms with Crippen LogP contribution in [0.2, 0.25) is 5.02 Å². The van der Waals surface area contributed by atoms with E-state index in [1.807, 2.05) is 0 Å². The Morgan fingerprint density at radius 3 is 2.50 bits per heavy atom. The molecule has 0 aliphatic heterocycles. The van der Waals surface area contributed by atoms with Gasteiger partial charge < -0.3 is 14.8 Å². The molecule has 0 spiro atoms. The Kier molecular flexibility index (Phi) is 4.59. The second-order valence-electron chi connectivity index (χ2n) is 4.08. The molecule has 0 aromatic heterocycles. The van der Waals surface area contributed by atoms with Crippen molar-refractivity contribution in [3.8, 4) is 5.75 Å². The molecule has 0 amide bonds. The largest absolute Gasteiger partial charge is 0.491 e. The van der Waals surface area contributed by atoms with Crippen molar-refractivity contribution >= 4 is 24.2 Å². The summed E-state index contributed by atoms with van der Waals surface area (Å²) in [7, 11) is -1.89. The Balaban J connectivity index is 2.11. The zero-order valence-corrected chi connectivity index (χ0v) is 10.9. The fraction of sp³-hybridized carbons (Fsp3) is 0.0769. The zero-order chi connectivity index (χ0) is 14.7. The Bertz CT molecular complexity index is 623. The maximum atomic E-state index is 13.5. The quantitative estimate of drug-likeness (QED) is 0.847. The van der Waals surface area contributed by atoms with E-state index in [4.69, 9.17) is 26.4 Å². The Hall–Kier alpha value is -1.63. The van der Waals surface area contributed by atoms with E-state index in [1.165, 1.54) is 30.3 Å². The molecule has 0 atom stereocenters. The molecule has 2 N–H and O–H groups in total. The molecule has 0 heterocycles. The highest BCUT2D eigenvalue weighted by Crippen LogP contribution is 2.20. The number of benzene rings is 2. The van der Waals surface area contributed by atoms with Crippen molar-refractivity contribution in [3.63, 3.8) is 0 Å². The first-order valence-corrected chi connectivity index (χ1v) is 6.07. The Labute approximate surface area is 119 Å². The summed E-state index contributed by atoms with van der Waals surface area (Å²) in [5.41, 5.74) is 0.180. The molecule has 20 heavy (non-hydrogen) atoms. The van der Waals surface area contributed by atoms with Gasteiger partial charge in [-0.2, -0.15) is 0 Å². The Morgan fingerprint density at radius 1 is 1.10 bits per heavy atom. The highest BCUT2D eigenvalue weighted by molar-refractivity contribution is 6.58. The van der Waals surface area contributed by atoms with Crippen molar-refractivity contribution in [1.29, 1.82) is 0 Å². The van der Waals surface area contributed by atoms with Crippen LogP contribution in [-0.2, 0) is 6.61 Å². The fourth-order valence-electron chi connectivity index (χ4n) is 1.62. The Morgan fingerprint density at radius 2 is 1.85 bits per heavy atom. The van der Waals surface area contributed by atoms with Crippen molar-refractivity contribution < 1.29 is 23.6 Å². The van der Waals surface area contributed by atoms with Gasteiger partial charge in [0.1, 0.15) is 24.0 Å². The van der Waals surface area contributed by atoms with Gasteiger partial charge in [-0.05, 0) is 24.3 Å². The molecule has 0 aliphatic carbocycles. The average Bonchev–Trinajstić information content (AvgIpc) is 2.39. The van der Waals surface area contributed by atoms with Gasteiger partial charge in [-0.1, -0.05) is 17.7 Å². The number of hydrogen-bond donors (Lipinski definition) is 2. The minimum atomic E-state index is -1.89. The summed E-state index contributed by atoms with van der Waals surface area (Å²) in [6.07, 6.45) is 0. The summed E-state index contributed by atoms with van der Waals surface area (Å²) in [6.45, 7) is -0.0307. The molecule has 7 heteroatoms. The minimum Gasteiger partial charge on any atom is -0.489 e. The van der Waals surface area contributed by atoms with Gasteiger partial charge in [-0.3, -0.25) is 0 Å². The molecule has 2 rings (SSSR count). The lowest BCUT2D eigenvalue weighted by Gasteiger charge is -2.09. The van der Waals surface area contributed by atoms with Crippen LogP contribution in [0.1, 0.15) is 5.56 Å². The van der Waals surface area contributed by atoms with E-state index in [9.17, 15) is 8.78 Å². The first kappa shape index (κ1) is 14.8. The topological polar surface area (TPSA) is 49.7 Å². The second kappa shape index (κ2) is 6.22. The van der Waals surface area contributed by atoms with Gasteiger partial charge in [-0.25, -0.2) is 8.78 Å². The summed E-state index contributed by atoms with van der Waals surface area (Å²) < 4.78 is 31.8. The van der Waals surface area contributed by atoms with Crippen LogP contribution < -0.4 is 10.2 Å². The molecule has 0 fully saturated rings. The van der Waals surface area contributed by atoms with Gasteiger partial charge >= 0.3 is 7.12 Å². The van der Waals surface area contributed by atoms with Gasteiger partial charge in [0, 0.05) is 22.1 Å². The molecule has 0 saturated heterocycles. The lowest BCUT2D eigenvalue weighted by atomic mass is 9.80. The molecule has 0 bridgehead atoms. The number of halogens is 3. The fourth-order valence-corrected chi connectivity index (χ4v) is 1.79. The van der Waals surface area contributed by atoms with Crippen molar-refractivity contribution in [1.82, 2.24) is 0 Å². The SMILES string of the molecule is OB(O)c1ccc(OCc2cc(F)ccc2Cl)cc1F. The normalized spacial score (nSPS) is 10.4. The second-order valence-corrected chi connectivity index (χ2v) is 4.49. The summed E-state index contributed by atoms with van der Waals surface area (Å²) in [4.78, 5) is 0.